The number of ketones is 2. The van der Waals surface area contributed by atoms with Gasteiger partial charge in [-0.25, -0.2) is 0 Å². The van der Waals surface area contributed by atoms with Crippen LogP contribution in [-0.2, 0) is 19.4 Å². The third-order valence-electron chi connectivity index (χ3n) is 5.87. The lowest BCUT2D eigenvalue weighted by molar-refractivity contribution is 0.0413. The van der Waals surface area contributed by atoms with Gasteiger partial charge in [0.2, 0.25) is 0 Å². The molecule has 2 aliphatic carbocycles. The number of benzene rings is 2. The summed E-state index contributed by atoms with van der Waals surface area (Å²) in [6, 6.07) is 4.53. The smallest absolute Gasteiger partial charge is 0.198 e. The first-order valence-electron chi connectivity index (χ1n) is 9.11. The zero-order chi connectivity index (χ0) is 20.2. The number of phenolic OH excluding ortho intramolecular Hbond substituents is 2. The van der Waals surface area contributed by atoms with Crippen molar-refractivity contribution in [3.63, 3.8) is 0 Å². The summed E-state index contributed by atoms with van der Waals surface area (Å²) in [4.78, 5) is 26.2. The first-order chi connectivity index (χ1) is 13.4. The van der Waals surface area contributed by atoms with Crippen molar-refractivity contribution >= 4 is 11.6 Å². The second-order valence-corrected chi connectivity index (χ2v) is 7.31. The predicted octanol–water partition coefficient (Wildman–Crippen LogP) is 0.824. The number of aromatic hydroxyl groups is 2. The Labute approximate surface area is 160 Å². The molecule has 1 unspecified atom stereocenters. The maximum absolute atomic E-state index is 13.1. The monoisotopic (exact) mass is 384 g/mol. The molecule has 0 bridgehead atoms. The van der Waals surface area contributed by atoms with Gasteiger partial charge in [0.25, 0.3) is 0 Å². The lowest BCUT2D eigenvalue weighted by atomic mass is 9.74. The molecule has 0 radical (unpaired) electrons. The van der Waals surface area contributed by atoms with Crippen molar-refractivity contribution in [2.75, 3.05) is 6.61 Å². The maximum atomic E-state index is 13.1. The van der Waals surface area contributed by atoms with Crippen LogP contribution in [-0.4, -0.2) is 49.8 Å². The Hall–Kier alpha value is -2.74. The average Bonchev–Trinajstić information content (AvgIpc) is 2.72. The molecule has 2 aliphatic rings. The van der Waals surface area contributed by atoms with E-state index in [0.717, 1.165) is 0 Å². The molecule has 0 fully saturated rings. The Morgan fingerprint density at radius 2 is 1.64 bits per heavy atom. The van der Waals surface area contributed by atoms with Gasteiger partial charge in [-0.05, 0) is 30.7 Å². The summed E-state index contributed by atoms with van der Waals surface area (Å²) in [6.07, 6.45) is -0.0499. The van der Waals surface area contributed by atoms with E-state index in [1.165, 1.54) is 12.1 Å². The fourth-order valence-corrected chi connectivity index (χ4v) is 4.38. The van der Waals surface area contributed by atoms with E-state index in [4.69, 9.17) is 0 Å². The highest BCUT2D eigenvalue weighted by Gasteiger charge is 2.40. The van der Waals surface area contributed by atoms with Gasteiger partial charge in [0.15, 0.2) is 11.6 Å². The average molecular weight is 384 g/mol. The van der Waals surface area contributed by atoms with Gasteiger partial charge in [-0.2, -0.15) is 0 Å². The number of rotatable bonds is 3. The highest BCUT2D eigenvalue weighted by molar-refractivity contribution is 6.31. The predicted molar refractivity (Wildman–Crippen MR) is 97.6 cm³/mol. The van der Waals surface area contributed by atoms with Crippen LogP contribution in [0.25, 0.3) is 0 Å². The minimum Gasteiger partial charge on any atom is -0.507 e. The molecule has 0 aromatic heterocycles. The molecule has 0 spiro atoms. The number of fused-ring (bicyclic) bond motifs is 3. The molecule has 146 valence electrons. The van der Waals surface area contributed by atoms with E-state index in [1.54, 1.807) is 6.07 Å². The zero-order valence-electron chi connectivity index (χ0n) is 15.0. The minimum atomic E-state index is -0.976. The van der Waals surface area contributed by atoms with Crippen LogP contribution >= 0.6 is 0 Å². The van der Waals surface area contributed by atoms with Crippen LogP contribution in [0.5, 0.6) is 11.5 Å². The van der Waals surface area contributed by atoms with Crippen molar-refractivity contribution in [2.45, 2.75) is 32.0 Å². The van der Waals surface area contributed by atoms with Crippen LogP contribution in [0.4, 0.5) is 0 Å². The van der Waals surface area contributed by atoms with Crippen molar-refractivity contribution < 1.29 is 35.1 Å². The van der Waals surface area contributed by atoms with Crippen LogP contribution in [0.15, 0.2) is 18.2 Å². The van der Waals surface area contributed by atoms with Crippen LogP contribution < -0.4 is 0 Å². The molecule has 0 heterocycles. The molecule has 0 saturated heterocycles. The zero-order valence-corrected chi connectivity index (χ0v) is 15.0. The molecule has 2 aromatic rings. The second-order valence-electron chi connectivity index (χ2n) is 7.31. The molecular formula is C21H20O7. The number of phenols is 2. The highest BCUT2D eigenvalue weighted by Crippen LogP contribution is 2.47. The lowest BCUT2D eigenvalue weighted by Crippen LogP contribution is -2.31. The van der Waals surface area contributed by atoms with E-state index in [-0.39, 0.29) is 51.7 Å². The van der Waals surface area contributed by atoms with E-state index >= 15 is 0 Å². The van der Waals surface area contributed by atoms with E-state index in [2.05, 4.69) is 0 Å². The van der Waals surface area contributed by atoms with Crippen molar-refractivity contribution in [3.05, 3.63) is 57.1 Å². The first kappa shape index (κ1) is 18.6. The van der Waals surface area contributed by atoms with Crippen LogP contribution in [0.2, 0.25) is 0 Å². The molecule has 2 atom stereocenters. The molecule has 7 nitrogen and oxygen atoms in total. The Bertz CT molecular complexity index is 1010. The standard InChI is InChI=1S/C21H20O7/c22-7-10-2-1-3-12-15(10)21(28)17-16(19(12)26)20(27)13-6-9(14(24)8-23)4-5-11(13)18(17)25/h1-3,9,14,22-25,27H,4-8H2/t9-,14?/m0/s1. The van der Waals surface area contributed by atoms with Gasteiger partial charge < -0.3 is 25.5 Å². The largest absolute Gasteiger partial charge is 0.507 e. The Kier molecular flexibility index (Phi) is 4.45. The Morgan fingerprint density at radius 3 is 2.32 bits per heavy atom. The van der Waals surface area contributed by atoms with Crippen LogP contribution in [0.3, 0.4) is 0 Å². The summed E-state index contributed by atoms with van der Waals surface area (Å²) >= 11 is 0. The number of carbonyl (C=O) groups excluding carboxylic acids is 2. The summed E-state index contributed by atoms with van der Waals surface area (Å²) < 4.78 is 0. The van der Waals surface area contributed by atoms with Gasteiger partial charge >= 0.3 is 0 Å². The fourth-order valence-electron chi connectivity index (χ4n) is 4.38. The molecular weight excluding hydrogens is 364 g/mol. The number of carbonyl (C=O) groups is 2. The van der Waals surface area contributed by atoms with Gasteiger partial charge in [-0.15, -0.1) is 0 Å². The maximum Gasteiger partial charge on any atom is 0.198 e. The number of aliphatic hydroxyl groups excluding tert-OH is 3. The molecule has 0 aliphatic heterocycles. The van der Waals surface area contributed by atoms with Crippen molar-refractivity contribution in [1.82, 2.24) is 0 Å². The van der Waals surface area contributed by atoms with Crippen molar-refractivity contribution in [2.24, 2.45) is 5.92 Å². The number of hydrogen-bond donors (Lipinski definition) is 5. The molecule has 28 heavy (non-hydrogen) atoms. The summed E-state index contributed by atoms with van der Waals surface area (Å²) in [5.74, 6) is -2.24. The van der Waals surface area contributed by atoms with Crippen molar-refractivity contribution in [1.29, 1.82) is 0 Å². The lowest BCUT2D eigenvalue weighted by Gasteiger charge is -2.31. The summed E-state index contributed by atoms with van der Waals surface area (Å²) in [5, 5.41) is 50.3. The van der Waals surface area contributed by atoms with Crippen molar-refractivity contribution in [3.8, 4) is 11.5 Å². The van der Waals surface area contributed by atoms with Crippen LogP contribution in [0.1, 0.15) is 55.0 Å². The van der Waals surface area contributed by atoms with Gasteiger partial charge in [-0.1, -0.05) is 18.2 Å². The third-order valence-corrected chi connectivity index (χ3v) is 5.87. The Morgan fingerprint density at radius 1 is 0.964 bits per heavy atom. The van der Waals surface area contributed by atoms with E-state index in [1.807, 2.05) is 0 Å². The fraction of sp³-hybridized carbons (Fsp3) is 0.333. The highest BCUT2D eigenvalue weighted by atomic mass is 16.3. The SMILES string of the molecule is O=C1c2cccc(CO)c2C(=O)c2c(O)c3c(c(O)c21)C[C@@H](C(O)CO)CC3. The van der Waals surface area contributed by atoms with E-state index in [9.17, 15) is 35.1 Å². The first-order valence-corrected chi connectivity index (χ1v) is 9.11. The normalized spacial score (nSPS) is 19.0. The summed E-state index contributed by atoms with van der Waals surface area (Å²) in [7, 11) is 0. The van der Waals surface area contributed by atoms with Gasteiger partial charge in [0.1, 0.15) is 11.5 Å². The van der Waals surface area contributed by atoms with Crippen LogP contribution in [0, 0.1) is 5.92 Å². The molecule has 5 N–H and O–H groups in total. The Balaban J connectivity index is 1.94. The molecule has 7 heteroatoms. The van der Waals surface area contributed by atoms with E-state index in [0.29, 0.717) is 24.0 Å². The third kappa shape index (κ3) is 2.47. The summed E-state index contributed by atoms with van der Waals surface area (Å²) in [6.45, 7) is -0.859. The van der Waals surface area contributed by atoms with Gasteiger partial charge in [0.05, 0.1) is 30.4 Å². The summed E-state index contributed by atoms with van der Waals surface area (Å²) in [5.41, 5.74) is 0.609. The molecule has 0 saturated carbocycles. The molecule has 4 rings (SSSR count). The van der Waals surface area contributed by atoms with Gasteiger partial charge in [-0.3, -0.25) is 9.59 Å². The molecule has 2 aromatic carbocycles. The van der Waals surface area contributed by atoms with Gasteiger partial charge in [0, 0.05) is 22.3 Å². The number of hydrogen-bond acceptors (Lipinski definition) is 7. The minimum absolute atomic E-state index is 0.0431. The second kappa shape index (κ2) is 6.70. The number of aliphatic hydroxyl groups is 3. The molecule has 0 amide bonds. The topological polar surface area (TPSA) is 135 Å². The quantitative estimate of drug-likeness (QED) is 0.422. The van der Waals surface area contributed by atoms with E-state index < -0.39 is 30.9 Å².